The van der Waals surface area contributed by atoms with Crippen LogP contribution in [0.4, 0.5) is 0 Å². The Kier molecular flexibility index (Phi) is 2.75. The largest absolute Gasteiger partial charge is 0.312 e. The predicted octanol–water partition coefficient (Wildman–Crippen LogP) is 1.66. The van der Waals surface area contributed by atoms with Crippen molar-refractivity contribution in [2.75, 3.05) is 6.54 Å². The Balaban J connectivity index is 2.16. The number of nitriles is 1. The maximum Gasteiger partial charge on any atom is 0.160 e. The number of nitrogens with zero attached hydrogens (tertiary/aromatic N) is 3. The summed E-state index contributed by atoms with van der Waals surface area (Å²) in [5, 5.41) is 12.4. The Morgan fingerprint density at radius 2 is 2.00 bits per heavy atom. The molecule has 0 fully saturated rings. The molecule has 1 aromatic carbocycles. The molecule has 2 aromatic rings. The van der Waals surface area contributed by atoms with Crippen molar-refractivity contribution in [2.24, 2.45) is 0 Å². The van der Waals surface area contributed by atoms with Crippen molar-refractivity contribution in [3.8, 4) is 17.5 Å². The first kappa shape index (κ1) is 10.9. The number of fused-ring (bicyclic) bond motifs is 1. The second-order valence-electron chi connectivity index (χ2n) is 4.23. The van der Waals surface area contributed by atoms with E-state index in [0.29, 0.717) is 18.1 Å². The zero-order valence-electron chi connectivity index (χ0n) is 9.85. The molecule has 2 heterocycles. The van der Waals surface area contributed by atoms with E-state index in [-0.39, 0.29) is 0 Å². The lowest BCUT2D eigenvalue weighted by atomic mass is 10.0. The monoisotopic (exact) mass is 236 g/mol. The van der Waals surface area contributed by atoms with E-state index < -0.39 is 0 Å². The van der Waals surface area contributed by atoms with Gasteiger partial charge in [-0.2, -0.15) is 5.26 Å². The third-order valence-electron chi connectivity index (χ3n) is 3.07. The van der Waals surface area contributed by atoms with Crippen LogP contribution in [0.1, 0.15) is 17.0 Å². The minimum Gasteiger partial charge on any atom is -0.312 e. The highest BCUT2D eigenvalue weighted by Gasteiger charge is 2.17. The third-order valence-corrected chi connectivity index (χ3v) is 3.07. The molecule has 3 rings (SSSR count). The van der Waals surface area contributed by atoms with Gasteiger partial charge in [-0.3, -0.25) is 0 Å². The first-order valence-corrected chi connectivity index (χ1v) is 5.94. The molecule has 0 bridgehead atoms. The maximum absolute atomic E-state index is 9.20. The molecule has 0 atom stereocenters. The van der Waals surface area contributed by atoms with Crippen LogP contribution in [-0.4, -0.2) is 16.5 Å². The summed E-state index contributed by atoms with van der Waals surface area (Å²) in [4.78, 5) is 8.95. The van der Waals surface area contributed by atoms with Crippen LogP contribution in [-0.2, 0) is 13.0 Å². The summed E-state index contributed by atoms with van der Waals surface area (Å²) in [6, 6.07) is 12.0. The van der Waals surface area contributed by atoms with Crippen LogP contribution in [0.25, 0.3) is 11.4 Å². The minimum atomic E-state index is 0.492. The summed E-state index contributed by atoms with van der Waals surface area (Å²) < 4.78 is 0. The molecule has 0 saturated heterocycles. The third kappa shape index (κ3) is 1.85. The smallest absolute Gasteiger partial charge is 0.160 e. The molecule has 1 aromatic heterocycles. The van der Waals surface area contributed by atoms with E-state index in [4.69, 9.17) is 0 Å². The van der Waals surface area contributed by atoms with E-state index in [1.807, 2.05) is 30.3 Å². The molecule has 4 heteroatoms. The van der Waals surface area contributed by atoms with Crippen LogP contribution in [0.3, 0.4) is 0 Å². The van der Waals surface area contributed by atoms with Gasteiger partial charge in [0.15, 0.2) is 5.82 Å². The fourth-order valence-corrected chi connectivity index (χ4v) is 2.15. The van der Waals surface area contributed by atoms with E-state index in [1.165, 1.54) is 0 Å². The average Bonchev–Trinajstić information content (AvgIpc) is 2.47. The molecule has 1 aliphatic rings. The number of hydrogen-bond donors (Lipinski definition) is 1. The highest BCUT2D eigenvalue weighted by atomic mass is 14.9. The molecule has 4 nitrogen and oxygen atoms in total. The maximum atomic E-state index is 9.20. The summed E-state index contributed by atoms with van der Waals surface area (Å²) in [6.07, 6.45) is 0.854. The summed E-state index contributed by atoms with van der Waals surface area (Å²) in [5.74, 6) is 0.646. The predicted molar refractivity (Wildman–Crippen MR) is 67.6 cm³/mol. The van der Waals surface area contributed by atoms with Crippen LogP contribution < -0.4 is 5.32 Å². The van der Waals surface area contributed by atoms with Crippen LogP contribution in [0, 0.1) is 11.3 Å². The molecule has 1 aliphatic heterocycles. The van der Waals surface area contributed by atoms with Crippen molar-refractivity contribution in [1.82, 2.24) is 15.3 Å². The molecule has 18 heavy (non-hydrogen) atoms. The van der Waals surface area contributed by atoms with E-state index in [2.05, 4.69) is 21.4 Å². The van der Waals surface area contributed by atoms with Crippen molar-refractivity contribution in [2.45, 2.75) is 13.0 Å². The number of benzene rings is 1. The Hall–Kier alpha value is -2.25. The number of hydrogen-bond acceptors (Lipinski definition) is 4. The molecular formula is C14H12N4. The van der Waals surface area contributed by atoms with Crippen LogP contribution in [0.15, 0.2) is 30.3 Å². The Labute approximate surface area is 105 Å². The van der Waals surface area contributed by atoms with Gasteiger partial charge in [-0.1, -0.05) is 30.3 Å². The Bertz CT molecular complexity index is 614. The van der Waals surface area contributed by atoms with Crippen molar-refractivity contribution in [3.05, 3.63) is 47.3 Å². The highest BCUT2D eigenvalue weighted by Crippen LogP contribution is 2.20. The van der Waals surface area contributed by atoms with Crippen LogP contribution in [0.2, 0.25) is 0 Å². The van der Waals surface area contributed by atoms with Gasteiger partial charge in [0.1, 0.15) is 11.8 Å². The van der Waals surface area contributed by atoms with Gasteiger partial charge in [-0.25, -0.2) is 9.97 Å². The summed E-state index contributed by atoms with van der Waals surface area (Å²) in [6.45, 7) is 1.59. The summed E-state index contributed by atoms with van der Waals surface area (Å²) in [5.41, 5.74) is 3.39. The zero-order chi connectivity index (χ0) is 12.4. The quantitative estimate of drug-likeness (QED) is 0.818. The average molecular weight is 236 g/mol. The lowest BCUT2D eigenvalue weighted by molar-refractivity contribution is 0.624. The molecule has 88 valence electrons. The van der Waals surface area contributed by atoms with Crippen LogP contribution in [0.5, 0.6) is 0 Å². The zero-order valence-corrected chi connectivity index (χ0v) is 9.85. The standard InChI is InChI=1S/C14H12N4/c15-8-13-11-9-16-7-6-12(11)17-14(18-13)10-4-2-1-3-5-10/h1-5,16H,6-7,9H2. The van der Waals surface area contributed by atoms with Gasteiger partial charge in [0.05, 0.1) is 5.69 Å². The molecular weight excluding hydrogens is 224 g/mol. The molecule has 0 amide bonds. The first-order chi connectivity index (χ1) is 8.88. The highest BCUT2D eigenvalue weighted by molar-refractivity contribution is 5.56. The van der Waals surface area contributed by atoms with Crippen LogP contribution >= 0.6 is 0 Å². The van der Waals surface area contributed by atoms with E-state index in [9.17, 15) is 5.26 Å². The number of aromatic nitrogens is 2. The second kappa shape index (κ2) is 4.55. The lowest BCUT2D eigenvalue weighted by Crippen LogP contribution is -2.26. The topological polar surface area (TPSA) is 61.6 Å². The van der Waals surface area contributed by atoms with Crippen molar-refractivity contribution < 1.29 is 0 Å². The van der Waals surface area contributed by atoms with Crippen molar-refractivity contribution in [3.63, 3.8) is 0 Å². The van der Waals surface area contributed by atoms with Gasteiger partial charge >= 0.3 is 0 Å². The Morgan fingerprint density at radius 3 is 2.78 bits per heavy atom. The van der Waals surface area contributed by atoms with Gasteiger partial charge in [-0.15, -0.1) is 0 Å². The van der Waals surface area contributed by atoms with Crippen molar-refractivity contribution in [1.29, 1.82) is 5.26 Å². The van der Waals surface area contributed by atoms with Crippen molar-refractivity contribution >= 4 is 0 Å². The first-order valence-electron chi connectivity index (χ1n) is 5.94. The fraction of sp³-hybridized carbons (Fsp3) is 0.214. The molecule has 1 N–H and O–H groups in total. The molecule has 0 spiro atoms. The van der Waals surface area contributed by atoms with Gasteiger partial charge in [0.25, 0.3) is 0 Å². The lowest BCUT2D eigenvalue weighted by Gasteiger charge is -2.17. The minimum absolute atomic E-state index is 0.492. The SMILES string of the molecule is N#Cc1nc(-c2ccccc2)nc2c1CNCC2. The van der Waals surface area contributed by atoms with Gasteiger partial charge in [0, 0.05) is 30.6 Å². The van der Waals surface area contributed by atoms with E-state index in [1.54, 1.807) is 0 Å². The normalized spacial score (nSPS) is 13.7. The molecule has 0 saturated carbocycles. The Morgan fingerprint density at radius 1 is 1.17 bits per heavy atom. The molecule has 0 unspecified atom stereocenters. The number of rotatable bonds is 1. The summed E-state index contributed by atoms with van der Waals surface area (Å²) in [7, 11) is 0. The van der Waals surface area contributed by atoms with Gasteiger partial charge in [0.2, 0.25) is 0 Å². The summed E-state index contributed by atoms with van der Waals surface area (Å²) >= 11 is 0. The number of nitrogens with one attached hydrogen (secondary N) is 1. The van der Waals surface area contributed by atoms with Gasteiger partial charge in [-0.05, 0) is 0 Å². The molecule has 0 aliphatic carbocycles. The second-order valence-corrected chi connectivity index (χ2v) is 4.23. The van der Waals surface area contributed by atoms with E-state index in [0.717, 1.165) is 29.8 Å². The molecule has 0 radical (unpaired) electrons. The van der Waals surface area contributed by atoms with Gasteiger partial charge < -0.3 is 5.32 Å². The van der Waals surface area contributed by atoms with E-state index >= 15 is 0 Å². The fourth-order valence-electron chi connectivity index (χ4n) is 2.15.